The lowest BCUT2D eigenvalue weighted by Gasteiger charge is -2.00. The average Bonchev–Trinajstić information content (AvgIpc) is 2.83. The van der Waals surface area contributed by atoms with Gasteiger partial charge in [0.15, 0.2) is 0 Å². The molecular weight excluding hydrogens is 242 g/mol. The first-order chi connectivity index (χ1) is 8.84. The summed E-state index contributed by atoms with van der Waals surface area (Å²) in [7, 11) is 0. The Morgan fingerprint density at radius 1 is 0.889 bits per heavy atom. The monoisotopic (exact) mass is 253 g/mol. The third-order valence-electron chi connectivity index (χ3n) is 2.54. The number of aromatic nitrogens is 3. The highest BCUT2D eigenvalue weighted by Crippen LogP contribution is 2.34. The van der Waals surface area contributed by atoms with Gasteiger partial charge in [0.05, 0.1) is 21.3 Å². The second-order valence-electron chi connectivity index (χ2n) is 3.84. The zero-order valence-electron chi connectivity index (χ0n) is 9.87. The van der Waals surface area contributed by atoms with Gasteiger partial charge in [-0.15, -0.1) is 11.3 Å². The second-order valence-corrected chi connectivity index (χ2v) is 5.04. The predicted octanol–water partition coefficient (Wildman–Crippen LogP) is 3.58. The first kappa shape index (κ1) is 11.0. The van der Waals surface area contributed by atoms with Crippen LogP contribution in [0.25, 0.3) is 22.0 Å². The maximum atomic E-state index is 4.57. The zero-order chi connectivity index (χ0) is 12.4. The molecule has 3 heterocycles. The highest BCUT2D eigenvalue weighted by Gasteiger charge is 2.14. The molecule has 0 fully saturated rings. The third kappa shape index (κ3) is 2.02. The van der Waals surface area contributed by atoms with Crippen LogP contribution in [-0.4, -0.2) is 15.0 Å². The van der Waals surface area contributed by atoms with Gasteiger partial charge in [-0.25, -0.2) is 4.98 Å². The highest BCUT2D eigenvalue weighted by atomic mass is 32.1. The standard InChI is InChI=1S/C14H11N3S/c1-10-17-13(11-6-2-4-8-15-11)14(18-10)12-7-3-5-9-16-12/h2-9H,1H3. The summed E-state index contributed by atoms with van der Waals surface area (Å²) < 4.78 is 0. The molecule has 4 heteroatoms. The van der Waals surface area contributed by atoms with Crippen LogP contribution in [0.4, 0.5) is 0 Å². The Bertz CT molecular complexity index is 590. The molecular formula is C14H11N3S. The van der Waals surface area contributed by atoms with Gasteiger partial charge in [0.25, 0.3) is 0 Å². The number of pyridine rings is 2. The van der Waals surface area contributed by atoms with Gasteiger partial charge < -0.3 is 0 Å². The van der Waals surface area contributed by atoms with Gasteiger partial charge in [-0.3, -0.25) is 9.97 Å². The van der Waals surface area contributed by atoms with E-state index >= 15 is 0 Å². The van der Waals surface area contributed by atoms with E-state index < -0.39 is 0 Å². The number of aryl methyl sites for hydroxylation is 1. The number of thiazole rings is 1. The summed E-state index contributed by atoms with van der Waals surface area (Å²) >= 11 is 1.65. The maximum absolute atomic E-state index is 4.57. The lowest BCUT2D eigenvalue weighted by Crippen LogP contribution is -1.86. The molecule has 0 amide bonds. The fourth-order valence-corrected chi connectivity index (χ4v) is 2.68. The molecule has 0 saturated carbocycles. The molecule has 0 radical (unpaired) electrons. The molecule has 0 saturated heterocycles. The average molecular weight is 253 g/mol. The maximum Gasteiger partial charge on any atom is 0.109 e. The lowest BCUT2D eigenvalue weighted by molar-refractivity contribution is 1.24. The lowest BCUT2D eigenvalue weighted by atomic mass is 10.2. The first-order valence-corrected chi connectivity index (χ1v) is 6.46. The number of hydrogen-bond acceptors (Lipinski definition) is 4. The Kier molecular flexibility index (Phi) is 2.86. The fraction of sp³-hybridized carbons (Fsp3) is 0.0714. The van der Waals surface area contributed by atoms with Crippen LogP contribution in [0, 0.1) is 6.92 Å². The predicted molar refractivity (Wildman–Crippen MR) is 73.3 cm³/mol. The molecule has 0 N–H and O–H groups in total. The Morgan fingerprint density at radius 2 is 1.56 bits per heavy atom. The van der Waals surface area contributed by atoms with Crippen molar-refractivity contribution < 1.29 is 0 Å². The molecule has 0 aliphatic rings. The molecule has 88 valence electrons. The molecule has 3 aromatic heterocycles. The highest BCUT2D eigenvalue weighted by molar-refractivity contribution is 7.15. The zero-order valence-corrected chi connectivity index (χ0v) is 10.7. The van der Waals surface area contributed by atoms with E-state index in [1.165, 1.54) is 0 Å². The van der Waals surface area contributed by atoms with Crippen molar-refractivity contribution in [2.75, 3.05) is 0 Å². The second kappa shape index (κ2) is 4.66. The summed E-state index contributed by atoms with van der Waals surface area (Å²) in [5.41, 5.74) is 2.75. The molecule has 0 atom stereocenters. The van der Waals surface area contributed by atoms with Gasteiger partial charge in [-0.1, -0.05) is 12.1 Å². The summed E-state index contributed by atoms with van der Waals surface area (Å²) in [5, 5.41) is 1.02. The van der Waals surface area contributed by atoms with Crippen molar-refractivity contribution in [3.8, 4) is 22.0 Å². The fourth-order valence-electron chi connectivity index (χ4n) is 1.77. The van der Waals surface area contributed by atoms with E-state index in [9.17, 15) is 0 Å². The molecule has 0 aliphatic heterocycles. The van der Waals surface area contributed by atoms with E-state index in [4.69, 9.17) is 0 Å². The van der Waals surface area contributed by atoms with Crippen LogP contribution in [0.3, 0.4) is 0 Å². The van der Waals surface area contributed by atoms with Crippen molar-refractivity contribution >= 4 is 11.3 Å². The van der Waals surface area contributed by atoms with Crippen LogP contribution in [-0.2, 0) is 0 Å². The van der Waals surface area contributed by atoms with E-state index in [1.54, 1.807) is 23.7 Å². The summed E-state index contributed by atoms with van der Waals surface area (Å²) in [4.78, 5) is 14.4. The van der Waals surface area contributed by atoms with Gasteiger partial charge >= 0.3 is 0 Å². The Labute approximate surface area is 109 Å². The van der Waals surface area contributed by atoms with Crippen LogP contribution < -0.4 is 0 Å². The molecule has 0 spiro atoms. The van der Waals surface area contributed by atoms with Crippen molar-refractivity contribution in [3.63, 3.8) is 0 Å². The quantitative estimate of drug-likeness (QED) is 0.700. The van der Waals surface area contributed by atoms with Crippen LogP contribution in [0.15, 0.2) is 48.8 Å². The van der Waals surface area contributed by atoms with Gasteiger partial charge in [-0.05, 0) is 31.2 Å². The number of rotatable bonds is 2. The van der Waals surface area contributed by atoms with Gasteiger partial charge in [0, 0.05) is 12.4 Å². The normalized spacial score (nSPS) is 10.5. The Balaban J connectivity index is 2.17. The van der Waals surface area contributed by atoms with Crippen LogP contribution in [0.5, 0.6) is 0 Å². The molecule has 0 aromatic carbocycles. The number of hydrogen-bond donors (Lipinski definition) is 0. The van der Waals surface area contributed by atoms with E-state index in [1.807, 2.05) is 43.3 Å². The molecule has 0 aliphatic carbocycles. The van der Waals surface area contributed by atoms with E-state index in [-0.39, 0.29) is 0 Å². The molecule has 0 bridgehead atoms. The summed E-state index contributed by atoms with van der Waals surface area (Å²) in [6.07, 6.45) is 3.58. The summed E-state index contributed by atoms with van der Waals surface area (Å²) in [6.45, 7) is 2.00. The van der Waals surface area contributed by atoms with Crippen molar-refractivity contribution in [1.29, 1.82) is 0 Å². The molecule has 0 unspecified atom stereocenters. The summed E-state index contributed by atoms with van der Waals surface area (Å²) in [5.74, 6) is 0. The van der Waals surface area contributed by atoms with E-state index in [2.05, 4.69) is 15.0 Å². The van der Waals surface area contributed by atoms with Crippen molar-refractivity contribution in [1.82, 2.24) is 15.0 Å². The summed E-state index contributed by atoms with van der Waals surface area (Å²) in [6, 6.07) is 11.8. The smallest absolute Gasteiger partial charge is 0.109 e. The van der Waals surface area contributed by atoms with Crippen molar-refractivity contribution in [2.24, 2.45) is 0 Å². The molecule has 3 aromatic rings. The topological polar surface area (TPSA) is 38.7 Å². The van der Waals surface area contributed by atoms with Crippen LogP contribution in [0.2, 0.25) is 0 Å². The minimum Gasteiger partial charge on any atom is -0.255 e. The first-order valence-electron chi connectivity index (χ1n) is 5.65. The van der Waals surface area contributed by atoms with Crippen molar-refractivity contribution in [3.05, 3.63) is 53.8 Å². The molecule has 18 heavy (non-hydrogen) atoms. The minimum atomic E-state index is 0.891. The van der Waals surface area contributed by atoms with E-state index in [0.717, 1.165) is 27.0 Å². The largest absolute Gasteiger partial charge is 0.255 e. The van der Waals surface area contributed by atoms with Gasteiger partial charge in [0.1, 0.15) is 5.69 Å². The van der Waals surface area contributed by atoms with Crippen LogP contribution in [0.1, 0.15) is 5.01 Å². The minimum absolute atomic E-state index is 0.891. The van der Waals surface area contributed by atoms with E-state index in [0.29, 0.717) is 0 Å². The van der Waals surface area contributed by atoms with Crippen LogP contribution >= 0.6 is 11.3 Å². The van der Waals surface area contributed by atoms with Gasteiger partial charge in [-0.2, -0.15) is 0 Å². The SMILES string of the molecule is Cc1nc(-c2ccccn2)c(-c2ccccn2)s1. The number of nitrogens with zero attached hydrogens (tertiary/aromatic N) is 3. The van der Waals surface area contributed by atoms with Gasteiger partial charge in [0.2, 0.25) is 0 Å². The Hall–Kier alpha value is -2.07. The third-order valence-corrected chi connectivity index (χ3v) is 3.53. The molecule has 3 nitrogen and oxygen atoms in total. The van der Waals surface area contributed by atoms with Crippen molar-refractivity contribution in [2.45, 2.75) is 6.92 Å². The molecule has 3 rings (SSSR count). The Morgan fingerprint density at radius 3 is 2.17 bits per heavy atom.